The molecule has 1 aliphatic rings. The zero-order valence-corrected chi connectivity index (χ0v) is 12.5. The van der Waals surface area contributed by atoms with E-state index in [1.54, 1.807) is 20.9 Å². The fourth-order valence-corrected chi connectivity index (χ4v) is 2.06. The molecule has 0 saturated carbocycles. The monoisotopic (exact) mass is 307 g/mol. The van der Waals surface area contributed by atoms with Crippen LogP contribution in [0.15, 0.2) is 0 Å². The summed E-state index contributed by atoms with van der Waals surface area (Å²) < 4.78 is 10.5. The molecule has 1 aliphatic heterocycles. The van der Waals surface area contributed by atoms with Crippen LogP contribution in [-0.2, 0) is 14.3 Å². The smallest absolute Gasteiger partial charge is 0.224 e. The van der Waals surface area contributed by atoms with Gasteiger partial charge in [-0.15, -0.1) is 0 Å². The molecule has 0 bridgehead atoms. The number of ether oxygens (including phenoxy) is 2. The topological polar surface area (TPSA) is 120 Å². The zero-order chi connectivity index (χ0) is 16.2. The summed E-state index contributed by atoms with van der Waals surface area (Å²) in [5.41, 5.74) is 0. The summed E-state index contributed by atoms with van der Waals surface area (Å²) in [4.78, 5) is 13.2. The van der Waals surface area contributed by atoms with E-state index >= 15 is 0 Å². The first kappa shape index (κ1) is 18.3. The molecule has 1 amide bonds. The van der Waals surface area contributed by atoms with Crippen molar-refractivity contribution < 1.29 is 34.7 Å². The molecule has 0 aliphatic carbocycles. The molecule has 124 valence electrons. The van der Waals surface area contributed by atoms with Gasteiger partial charge in [0.1, 0.15) is 24.4 Å². The van der Waals surface area contributed by atoms with Crippen LogP contribution in [0.5, 0.6) is 0 Å². The first-order valence-electron chi connectivity index (χ1n) is 6.96. The molecule has 1 fully saturated rings. The minimum Gasteiger partial charge on any atom is -0.394 e. The van der Waals surface area contributed by atoms with Crippen molar-refractivity contribution in [1.29, 1.82) is 0 Å². The van der Waals surface area contributed by atoms with E-state index in [0.29, 0.717) is 6.54 Å². The Morgan fingerprint density at radius 1 is 1.24 bits per heavy atom. The van der Waals surface area contributed by atoms with Gasteiger partial charge in [-0.25, -0.2) is 0 Å². The van der Waals surface area contributed by atoms with Crippen LogP contribution < -0.4 is 0 Å². The van der Waals surface area contributed by atoms with Gasteiger partial charge in [0, 0.05) is 19.5 Å². The zero-order valence-electron chi connectivity index (χ0n) is 12.5. The van der Waals surface area contributed by atoms with Crippen molar-refractivity contribution in [1.82, 2.24) is 4.90 Å². The van der Waals surface area contributed by atoms with E-state index in [-0.39, 0.29) is 18.4 Å². The third-order valence-corrected chi connectivity index (χ3v) is 3.43. The van der Waals surface area contributed by atoms with Gasteiger partial charge in [0.2, 0.25) is 5.91 Å². The number of aliphatic hydroxyl groups is 4. The average Bonchev–Trinajstić information content (AvgIpc) is 2.46. The van der Waals surface area contributed by atoms with Gasteiger partial charge in [0.15, 0.2) is 6.29 Å². The average molecular weight is 307 g/mol. The highest BCUT2D eigenvalue weighted by molar-refractivity contribution is 5.77. The molecule has 4 N–H and O–H groups in total. The van der Waals surface area contributed by atoms with Crippen LogP contribution in [-0.4, -0.2) is 88.7 Å². The second-order valence-electron chi connectivity index (χ2n) is 5.48. The third-order valence-electron chi connectivity index (χ3n) is 3.43. The van der Waals surface area contributed by atoms with Crippen LogP contribution in [0.4, 0.5) is 0 Å². The number of nitrogens with zero attached hydrogens (tertiary/aromatic N) is 1. The summed E-state index contributed by atoms with van der Waals surface area (Å²) >= 11 is 0. The van der Waals surface area contributed by atoms with Gasteiger partial charge in [0.25, 0.3) is 0 Å². The molecule has 1 rings (SSSR count). The lowest BCUT2D eigenvalue weighted by molar-refractivity contribution is -0.301. The maximum atomic E-state index is 11.7. The van der Waals surface area contributed by atoms with Gasteiger partial charge in [0.05, 0.1) is 13.2 Å². The first-order valence-corrected chi connectivity index (χ1v) is 6.96. The molecule has 8 nitrogen and oxygen atoms in total. The summed E-state index contributed by atoms with van der Waals surface area (Å²) in [5.74, 6) is -0.158. The molecule has 0 aromatic rings. The number of rotatable bonds is 6. The predicted molar refractivity (Wildman–Crippen MR) is 72.2 cm³/mol. The molecule has 5 atom stereocenters. The predicted octanol–water partition coefficient (Wildman–Crippen LogP) is -2.08. The standard InChI is InChI=1S/C13H25NO7/c1-7(2)12(19)14(3)4-5-20-13-11(18)10(17)9(16)8(6-15)21-13/h7-11,13,15-18H,4-6H2,1-3H3. The normalized spacial score (nSPS) is 33.2. The van der Waals surface area contributed by atoms with Crippen molar-refractivity contribution in [2.75, 3.05) is 26.8 Å². The lowest BCUT2D eigenvalue weighted by atomic mass is 9.99. The summed E-state index contributed by atoms with van der Waals surface area (Å²) in [6, 6.07) is 0. The summed E-state index contributed by atoms with van der Waals surface area (Å²) in [6.45, 7) is 3.47. The van der Waals surface area contributed by atoms with Gasteiger partial charge in [-0.2, -0.15) is 0 Å². The Bertz CT molecular complexity index is 336. The molecule has 1 saturated heterocycles. The van der Waals surface area contributed by atoms with E-state index in [9.17, 15) is 20.1 Å². The minimum atomic E-state index is -1.46. The second kappa shape index (κ2) is 8.02. The Hall–Kier alpha value is -0.770. The first-order chi connectivity index (χ1) is 9.79. The van der Waals surface area contributed by atoms with Crippen LogP contribution in [0.25, 0.3) is 0 Å². The van der Waals surface area contributed by atoms with Gasteiger partial charge in [-0.3, -0.25) is 4.79 Å². The van der Waals surface area contributed by atoms with Crippen LogP contribution in [0, 0.1) is 5.92 Å². The molecule has 8 heteroatoms. The van der Waals surface area contributed by atoms with E-state index in [1.165, 1.54) is 4.90 Å². The molecular weight excluding hydrogens is 282 g/mol. The SMILES string of the molecule is CC(C)C(=O)N(C)CCOC1OC(CO)C(O)C(O)C1O. The highest BCUT2D eigenvalue weighted by Crippen LogP contribution is 2.21. The van der Waals surface area contributed by atoms with Gasteiger partial charge in [-0.1, -0.05) is 13.8 Å². The number of aliphatic hydroxyl groups excluding tert-OH is 4. The summed E-state index contributed by atoms with van der Waals surface area (Å²) in [6.07, 6.45) is -6.45. The number of hydrogen-bond acceptors (Lipinski definition) is 7. The van der Waals surface area contributed by atoms with E-state index in [2.05, 4.69) is 0 Å². The fourth-order valence-electron chi connectivity index (χ4n) is 2.06. The van der Waals surface area contributed by atoms with E-state index in [1.807, 2.05) is 0 Å². The number of hydrogen-bond donors (Lipinski definition) is 4. The van der Waals surface area contributed by atoms with Crippen LogP contribution >= 0.6 is 0 Å². The van der Waals surface area contributed by atoms with E-state index < -0.39 is 37.3 Å². The Morgan fingerprint density at radius 3 is 2.38 bits per heavy atom. The Balaban J connectivity index is 2.45. The second-order valence-corrected chi connectivity index (χ2v) is 5.48. The van der Waals surface area contributed by atoms with Crippen molar-refractivity contribution in [3.8, 4) is 0 Å². The Kier molecular flexibility index (Phi) is 6.98. The number of carbonyl (C=O) groups is 1. The van der Waals surface area contributed by atoms with Crippen molar-refractivity contribution in [3.05, 3.63) is 0 Å². The molecule has 0 spiro atoms. The van der Waals surface area contributed by atoms with Crippen LogP contribution in [0.2, 0.25) is 0 Å². The Labute approximate surface area is 123 Å². The molecular formula is C13H25NO7. The molecule has 0 aromatic carbocycles. The lowest BCUT2D eigenvalue weighted by Crippen LogP contribution is -2.59. The van der Waals surface area contributed by atoms with Crippen molar-refractivity contribution in [2.24, 2.45) is 5.92 Å². The number of amides is 1. The lowest BCUT2D eigenvalue weighted by Gasteiger charge is -2.39. The molecule has 0 radical (unpaired) electrons. The number of likely N-dealkylation sites (N-methyl/N-ethyl adjacent to an activating group) is 1. The molecule has 5 unspecified atom stereocenters. The molecule has 0 aromatic heterocycles. The maximum absolute atomic E-state index is 11.7. The van der Waals surface area contributed by atoms with Gasteiger partial charge >= 0.3 is 0 Å². The van der Waals surface area contributed by atoms with Crippen LogP contribution in [0.3, 0.4) is 0 Å². The number of carbonyl (C=O) groups excluding carboxylic acids is 1. The van der Waals surface area contributed by atoms with Crippen molar-refractivity contribution in [2.45, 2.75) is 44.6 Å². The fraction of sp³-hybridized carbons (Fsp3) is 0.923. The minimum absolute atomic E-state index is 0.0348. The highest BCUT2D eigenvalue weighted by Gasteiger charge is 2.43. The molecule has 1 heterocycles. The third kappa shape index (κ3) is 4.60. The summed E-state index contributed by atoms with van der Waals surface area (Å²) in [5, 5.41) is 38.0. The van der Waals surface area contributed by atoms with E-state index in [0.717, 1.165) is 0 Å². The van der Waals surface area contributed by atoms with Gasteiger partial charge < -0.3 is 34.8 Å². The molecule has 21 heavy (non-hydrogen) atoms. The quantitative estimate of drug-likeness (QED) is 0.444. The maximum Gasteiger partial charge on any atom is 0.224 e. The largest absolute Gasteiger partial charge is 0.394 e. The van der Waals surface area contributed by atoms with Crippen LogP contribution in [0.1, 0.15) is 13.8 Å². The van der Waals surface area contributed by atoms with E-state index in [4.69, 9.17) is 14.6 Å². The highest BCUT2D eigenvalue weighted by atomic mass is 16.7. The summed E-state index contributed by atoms with van der Waals surface area (Å²) in [7, 11) is 1.64. The van der Waals surface area contributed by atoms with Gasteiger partial charge in [-0.05, 0) is 0 Å². The van der Waals surface area contributed by atoms with Crippen molar-refractivity contribution in [3.63, 3.8) is 0 Å². The Morgan fingerprint density at radius 2 is 1.86 bits per heavy atom. The van der Waals surface area contributed by atoms with Crippen molar-refractivity contribution >= 4 is 5.91 Å².